The second-order valence-corrected chi connectivity index (χ2v) is 11.1. The minimum absolute atomic E-state index is 0.0588. The molecule has 0 aromatic heterocycles. The van der Waals surface area contributed by atoms with Crippen molar-refractivity contribution < 1.29 is 44.2 Å². The third-order valence-electron chi connectivity index (χ3n) is 7.43. The SMILES string of the molecule is CCC(O)C(C)C1OC1C(O)C(C)/C=C/C=C(\C)C1OC(=O)CC(O)/C=C/C(C)(O)C(OC(C)=O)/C=C/C1C. The predicted octanol–water partition coefficient (Wildman–Crippen LogP) is 2.77. The van der Waals surface area contributed by atoms with Crippen LogP contribution >= 0.6 is 0 Å². The molecule has 9 nitrogen and oxygen atoms in total. The van der Waals surface area contributed by atoms with Gasteiger partial charge in [0.05, 0.1) is 30.8 Å². The van der Waals surface area contributed by atoms with E-state index < -0.39 is 48.1 Å². The van der Waals surface area contributed by atoms with Gasteiger partial charge in [0.15, 0.2) is 6.10 Å². The van der Waals surface area contributed by atoms with Gasteiger partial charge in [0.1, 0.15) is 17.8 Å². The number of hydrogen-bond acceptors (Lipinski definition) is 9. The summed E-state index contributed by atoms with van der Waals surface area (Å²) in [7, 11) is 0. The van der Waals surface area contributed by atoms with Crippen LogP contribution in [-0.4, -0.2) is 80.7 Å². The van der Waals surface area contributed by atoms with Crippen molar-refractivity contribution in [2.45, 2.75) is 110 Å². The molecule has 0 saturated carbocycles. The minimum Gasteiger partial charge on any atom is -0.457 e. The highest BCUT2D eigenvalue weighted by Gasteiger charge is 2.50. The average Bonchev–Trinajstić information content (AvgIpc) is 3.66. The molecule has 1 fully saturated rings. The Morgan fingerprint density at radius 2 is 1.87 bits per heavy atom. The lowest BCUT2D eigenvalue weighted by atomic mass is 9.91. The number of allylic oxidation sites excluding steroid dienone is 2. The van der Waals surface area contributed by atoms with E-state index in [-0.39, 0.29) is 36.4 Å². The van der Waals surface area contributed by atoms with Crippen LogP contribution in [0.4, 0.5) is 0 Å². The van der Waals surface area contributed by atoms with Crippen LogP contribution in [0.3, 0.4) is 0 Å². The van der Waals surface area contributed by atoms with Crippen LogP contribution < -0.4 is 0 Å². The summed E-state index contributed by atoms with van der Waals surface area (Å²) in [5.74, 6) is -1.81. The molecule has 0 aromatic rings. The Labute approximate surface area is 231 Å². The molecule has 0 amide bonds. The molecule has 2 rings (SSSR count). The number of ether oxygens (including phenoxy) is 3. The lowest BCUT2D eigenvalue weighted by molar-refractivity contribution is -0.152. The van der Waals surface area contributed by atoms with Gasteiger partial charge in [0, 0.05) is 24.7 Å². The molecule has 11 unspecified atom stereocenters. The Bertz CT molecular complexity index is 950. The lowest BCUT2D eigenvalue weighted by Crippen LogP contribution is -2.40. The number of cyclic esters (lactones) is 1. The Morgan fingerprint density at radius 3 is 2.49 bits per heavy atom. The summed E-state index contributed by atoms with van der Waals surface area (Å²) in [5.41, 5.74) is -0.889. The smallest absolute Gasteiger partial charge is 0.309 e. The van der Waals surface area contributed by atoms with Crippen molar-refractivity contribution in [3.63, 3.8) is 0 Å². The van der Waals surface area contributed by atoms with Gasteiger partial charge < -0.3 is 34.6 Å². The zero-order valence-electron chi connectivity index (χ0n) is 24.1. The number of hydrogen-bond donors (Lipinski definition) is 4. The second kappa shape index (κ2) is 14.4. The van der Waals surface area contributed by atoms with Gasteiger partial charge in [-0.1, -0.05) is 64.2 Å². The molecular weight excluding hydrogens is 504 g/mol. The molecule has 9 heteroatoms. The molecule has 39 heavy (non-hydrogen) atoms. The summed E-state index contributed by atoms with van der Waals surface area (Å²) in [5, 5.41) is 41.9. The van der Waals surface area contributed by atoms with Gasteiger partial charge in [0.2, 0.25) is 0 Å². The fourth-order valence-electron chi connectivity index (χ4n) is 4.67. The first-order valence-corrected chi connectivity index (χ1v) is 13.7. The molecule has 0 spiro atoms. The van der Waals surface area contributed by atoms with Crippen molar-refractivity contribution in [3.8, 4) is 0 Å². The van der Waals surface area contributed by atoms with E-state index in [0.29, 0.717) is 6.42 Å². The Morgan fingerprint density at radius 1 is 1.21 bits per heavy atom. The van der Waals surface area contributed by atoms with Gasteiger partial charge in [-0.2, -0.15) is 0 Å². The molecule has 0 aromatic carbocycles. The molecule has 0 bridgehead atoms. The van der Waals surface area contributed by atoms with Crippen LogP contribution in [0.1, 0.15) is 61.3 Å². The molecular formula is C30H46O9. The minimum atomic E-state index is -1.61. The largest absolute Gasteiger partial charge is 0.457 e. The number of epoxide rings is 1. The molecule has 2 aliphatic heterocycles. The zero-order valence-corrected chi connectivity index (χ0v) is 24.1. The third-order valence-corrected chi connectivity index (χ3v) is 7.43. The summed E-state index contributed by atoms with van der Waals surface area (Å²) in [6.07, 6.45) is 7.00. The number of aliphatic hydroxyl groups is 4. The van der Waals surface area contributed by atoms with E-state index in [2.05, 4.69) is 0 Å². The third kappa shape index (κ3) is 9.69. The lowest BCUT2D eigenvalue weighted by Gasteiger charge is -2.29. The Hall–Kier alpha value is -2.30. The van der Waals surface area contributed by atoms with Crippen molar-refractivity contribution in [3.05, 3.63) is 48.1 Å². The standard InChI is InChI=1S/C30H46O9/c1-8-23(33)20(5)28-29(39-28)26(35)17(2)10-9-11-18(3)27-19(4)12-13-24(37-21(6)31)30(7,36)15-14-22(32)16-25(34)38-27/h9-15,17,19-20,22-24,26-29,32-33,35-36H,8,16H2,1-7H3/b10-9+,13-12+,15-14+,18-11+. The van der Waals surface area contributed by atoms with Crippen LogP contribution in [-0.2, 0) is 23.8 Å². The predicted molar refractivity (Wildman–Crippen MR) is 146 cm³/mol. The van der Waals surface area contributed by atoms with Crippen molar-refractivity contribution in [1.29, 1.82) is 0 Å². The van der Waals surface area contributed by atoms with Crippen LogP contribution in [0, 0.1) is 17.8 Å². The number of carbonyl (C=O) groups is 2. The first-order chi connectivity index (χ1) is 18.2. The van der Waals surface area contributed by atoms with Crippen LogP contribution in [0.5, 0.6) is 0 Å². The fraction of sp³-hybridized carbons (Fsp3) is 0.667. The highest BCUT2D eigenvalue weighted by atomic mass is 16.6. The van der Waals surface area contributed by atoms with E-state index in [4.69, 9.17) is 14.2 Å². The topological polar surface area (TPSA) is 146 Å². The molecule has 0 aliphatic carbocycles. The van der Waals surface area contributed by atoms with E-state index in [1.807, 2.05) is 40.7 Å². The summed E-state index contributed by atoms with van der Waals surface area (Å²) in [4.78, 5) is 24.2. The van der Waals surface area contributed by atoms with Gasteiger partial charge in [-0.25, -0.2) is 0 Å². The maximum atomic E-state index is 12.6. The molecule has 0 radical (unpaired) electrons. The van der Waals surface area contributed by atoms with Crippen molar-refractivity contribution >= 4 is 11.9 Å². The maximum Gasteiger partial charge on any atom is 0.309 e. The Kier molecular flexibility index (Phi) is 12.1. The van der Waals surface area contributed by atoms with Crippen LogP contribution in [0.2, 0.25) is 0 Å². The van der Waals surface area contributed by atoms with Crippen LogP contribution in [0.25, 0.3) is 0 Å². The van der Waals surface area contributed by atoms with Crippen molar-refractivity contribution in [2.24, 2.45) is 17.8 Å². The zero-order chi connectivity index (χ0) is 29.5. The molecule has 220 valence electrons. The summed E-state index contributed by atoms with van der Waals surface area (Å²) in [6, 6.07) is 0. The summed E-state index contributed by atoms with van der Waals surface area (Å²) >= 11 is 0. The second-order valence-electron chi connectivity index (χ2n) is 11.1. The summed E-state index contributed by atoms with van der Waals surface area (Å²) in [6.45, 7) is 12.0. The number of esters is 2. The number of carbonyl (C=O) groups excluding carboxylic acids is 2. The van der Waals surface area contributed by atoms with Crippen LogP contribution in [0.15, 0.2) is 48.1 Å². The van der Waals surface area contributed by atoms with E-state index in [0.717, 1.165) is 5.57 Å². The average molecular weight is 551 g/mol. The molecule has 4 N–H and O–H groups in total. The van der Waals surface area contributed by atoms with E-state index in [1.54, 1.807) is 24.3 Å². The number of rotatable bonds is 9. The van der Waals surface area contributed by atoms with Crippen molar-refractivity contribution in [2.75, 3.05) is 0 Å². The van der Waals surface area contributed by atoms with Gasteiger partial charge >= 0.3 is 11.9 Å². The van der Waals surface area contributed by atoms with Gasteiger partial charge in [-0.3, -0.25) is 9.59 Å². The monoisotopic (exact) mass is 550 g/mol. The maximum absolute atomic E-state index is 12.6. The summed E-state index contributed by atoms with van der Waals surface area (Å²) < 4.78 is 16.7. The molecule has 2 heterocycles. The molecule has 11 atom stereocenters. The highest BCUT2D eigenvalue weighted by molar-refractivity contribution is 5.71. The van der Waals surface area contributed by atoms with Gasteiger partial charge in [-0.05, 0) is 31.9 Å². The van der Waals surface area contributed by atoms with E-state index in [1.165, 1.54) is 26.0 Å². The highest BCUT2D eigenvalue weighted by Crippen LogP contribution is 2.36. The molecule has 2 aliphatic rings. The fourth-order valence-corrected chi connectivity index (χ4v) is 4.67. The normalized spacial score (nSPS) is 37.0. The first-order valence-electron chi connectivity index (χ1n) is 13.7. The van der Waals surface area contributed by atoms with E-state index in [9.17, 15) is 30.0 Å². The van der Waals surface area contributed by atoms with E-state index >= 15 is 0 Å². The van der Waals surface area contributed by atoms with Crippen molar-refractivity contribution in [1.82, 2.24) is 0 Å². The van der Waals surface area contributed by atoms with Gasteiger partial charge in [0.25, 0.3) is 0 Å². The first kappa shape index (κ1) is 32.9. The number of aliphatic hydroxyl groups excluding tert-OH is 3. The van der Waals surface area contributed by atoms with Gasteiger partial charge in [-0.15, -0.1) is 0 Å². The Balaban J connectivity index is 2.18. The quantitative estimate of drug-likeness (QED) is 0.147. The molecule has 1 saturated heterocycles.